The molecule has 0 saturated heterocycles. The number of hydrogen-bond acceptors (Lipinski definition) is 1. The number of halogens is 1. The second kappa shape index (κ2) is 2.82. The highest BCUT2D eigenvalue weighted by Gasteiger charge is 2.03. The maximum atomic E-state index is 12.2. The first-order valence-electron chi connectivity index (χ1n) is 3.38. The zero-order chi connectivity index (χ0) is 8.43. The first-order valence-corrected chi connectivity index (χ1v) is 3.38. The Morgan fingerprint density at radius 2 is 1.64 bits per heavy atom. The number of aryl methyl sites for hydroxylation is 2. The van der Waals surface area contributed by atoms with E-state index in [1.54, 1.807) is 0 Å². The molecule has 0 aromatic heterocycles. The molecule has 0 heterocycles. The van der Waals surface area contributed by atoms with Crippen molar-refractivity contribution in [2.24, 2.45) is 0 Å². The molecular weight excluding hydrogens is 143 g/mol. The van der Waals surface area contributed by atoms with E-state index in [0.717, 1.165) is 11.1 Å². The van der Waals surface area contributed by atoms with Crippen LogP contribution in [0.25, 0.3) is 0 Å². The third-order valence-corrected chi connectivity index (χ3v) is 1.45. The van der Waals surface area contributed by atoms with Crippen LogP contribution in [0.2, 0.25) is 0 Å². The van der Waals surface area contributed by atoms with Crippen LogP contribution >= 0.6 is 0 Å². The quantitative estimate of drug-likeness (QED) is 0.565. The topological polar surface area (TPSA) is 17.1 Å². The molecule has 0 aliphatic carbocycles. The van der Waals surface area contributed by atoms with Crippen molar-refractivity contribution < 1.29 is 9.18 Å². The van der Waals surface area contributed by atoms with Crippen molar-refractivity contribution in [2.75, 3.05) is 0 Å². The fourth-order valence-electron chi connectivity index (χ4n) is 1.09. The third kappa shape index (κ3) is 1.87. The number of rotatable bonds is 1. The molecule has 0 fully saturated rings. The average Bonchev–Trinajstić information content (AvgIpc) is 1.85. The van der Waals surface area contributed by atoms with Crippen molar-refractivity contribution in [2.45, 2.75) is 13.8 Å². The third-order valence-electron chi connectivity index (χ3n) is 1.45. The fraction of sp³-hybridized carbons (Fsp3) is 0.222. The molecular formula is C9H9FO. The Morgan fingerprint density at radius 1 is 1.18 bits per heavy atom. The Hall–Kier alpha value is -1.18. The predicted octanol–water partition coefficient (Wildman–Crippen LogP) is 2.41. The Morgan fingerprint density at radius 3 is 2.00 bits per heavy atom. The zero-order valence-corrected chi connectivity index (χ0v) is 6.52. The van der Waals surface area contributed by atoms with Crippen LogP contribution in [-0.2, 0) is 0 Å². The lowest BCUT2D eigenvalue weighted by molar-refractivity contribution is 0.0835. The van der Waals surface area contributed by atoms with Gasteiger partial charge in [0.2, 0.25) is 0 Å². The monoisotopic (exact) mass is 152 g/mol. The van der Waals surface area contributed by atoms with Crippen LogP contribution in [0.4, 0.5) is 4.39 Å². The van der Waals surface area contributed by atoms with Crippen LogP contribution in [-0.4, -0.2) is 6.04 Å². The van der Waals surface area contributed by atoms with Crippen molar-refractivity contribution in [3.05, 3.63) is 34.9 Å². The summed E-state index contributed by atoms with van der Waals surface area (Å²) in [6.07, 6.45) is 0. The Bertz CT molecular complexity index is 271. The van der Waals surface area contributed by atoms with Crippen LogP contribution in [0, 0.1) is 13.8 Å². The molecule has 1 nitrogen and oxygen atoms in total. The van der Waals surface area contributed by atoms with Gasteiger partial charge in [-0.2, -0.15) is 4.39 Å². The molecule has 0 aliphatic rings. The molecule has 58 valence electrons. The molecule has 11 heavy (non-hydrogen) atoms. The van der Waals surface area contributed by atoms with Crippen LogP contribution in [0.5, 0.6) is 0 Å². The molecule has 0 saturated carbocycles. The summed E-state index contributed by atoms with van der Waals surface area (Å²) in [5.74, 6) is 0. The zero-order valence-electron chi connectivity index (χ0n) is 6.52. The summed E-state index contributed by atoms with van der Waals surface area (Å²) in [6.45, 7) is 3.67. The Balaban J connectivity index is 3.19. The highest BCUT2D eigenvalue weighted by atomic mass is 19.1. The van der Waals surface area contributed by atoms with Gasteiger partial charge < -0.3 is 0 Å². The second-order valence-corrected chi connectivity index (χ2v) is 2.65. The lowest BCUT2D eigenvalue weighted by atomic mass is 10.1. The minimum atomic E-state index is -1.36. The van der Waals surface area contributed by atoms with Crippen molar-refractivity contribution in [3.63, 3.8) is 0 Å². The summed E-state index contributed by atoms with van der Waals surface area (Å²) in [4.78, 5) is 10.3. The molecule has 1 aromatic rings. The van der Waals surface area contributed by atoms with E-state index < -0.39 is 6.04 Å². The molecule has 0 atom stereocenters. The number of carbonyl (C=O) groups is 1. The lowest BCUT2D eigenvalue weighted by Crippen LogP contribution is -1.91. The van der Waals surface area contributed by atoms with E-state index in [4.69, 9.17) is 0 Å². The van der Waals surface area contributed by atoms with Gasteiger partial charge in [0.15, 0.2) is 0 Å². The smallest absolute Gasteiger partial charge is 0.255 e. The van der Waals surface area contributed by atoms with Gasteiger partial charge in [0.05, 0.1) is 5.56 Å². The molecule has 0 unspecified atom stereocenters. The normalized spacial score (nSPS) is 9.73. The molecule has 0 N–H and O–H groups in total. The van der Waals surface area contributed by atoms with Gasteiger partial charge in [-0.25, -0.2) is 0 Å². The number of hydrogen-bond donors (Lipinski definition) is 0. The lowest BCUT2D eigenvalue weighted by Gasteiger charge is -1.97. The fourth-order valence-corrected chi connectivity index (χ4v) is 1.09. The summed E-state index contributed by atoms with van der Waals surface area (Å²) >= 11 is 0. The maximum absolute atomic E-state index is 12.2. The van der Waals surface area contributed by atoms with Gasteiger partial charge >= 0.3 is 6.04 Å². The first kappa shape index (κ1) is 7.92. The minimum Gasteiger partial charge on any atom is -0.255 e. The summed E-state index contributed by atoms with van der Waals surface area (Å²) in [7, 11) is 0. The van der Waals surface area contributed by atoms with E-state index in [0.29, 0.717) is 0 Å². The Kier molecular flexibility index (Phi) is 2.03. The van der Waals surface area contributed by atoms with Crippen LogP contribution in [0.15, 0.2) is 18.2 Å². The predicted molar refractivity (Wildman–Crippen MR) is 41.4 cm³/mol. The van der Waals surface area contributed by atoms with E-state index >= 15 is 0 Å². The van der Waals surface area contributed by atoms with Crippen LogP contribution in [0.1, 0.15) is 21.5 Å². The molecule has 0 bridgehead atoms. The van der Waals surface area contributed by atoms with Gasteiger partial charge in [-0.1, -0.05) is 17.2 Å². The van der Waals surface area contributed by atoms with Crippen molar-refractivity contribution in [1.29, 1.82) is 0 Å². The van der Waals surface area contributed by atoms with E-state index in [9.17, 15) is 9.18 Å². The standard InChI is InChI=1S/C9H9FO/c1-6-3-7(2)5-8(4-6)9(10)11/h3-5H,1-2H3. The number of benzene rings is 1. The molecule has 1 rings (SSSR count). The second-order valence-electron chi connectivity index (χ2n) is 2.65. The Labute approximate surface area is 64.9 Å². The highest BCUT2D eigenvalue weighted by Crippen LogP contribution is 2.09. The minimum absolute atomic E-state index is 0.141. The average molecular weight is 152 g/mol. The van der Waals surface area contributed by atoms with Crippen molar-refractivity contribution in [3.8, 4) is 0 Å². The van der Waals surface area contributed by atoms with Crippen molar-refractivity contribution >= 4 is 6.04 Å². The summed E-state index contributed by atoms with van der Waals surface area (Å²) in [5.41, 5.74) is 1.96. The number of carbonyl (C=O) groups excluding carboxylic acids is 1. The van der Waals surface area contributed by atoms with E-state index in [1.807, 2.05) is 19.9 Å². The molecule has 0 radical (unpaired) electrons. The summed E-state index contributed by atoms with van der Waals surface area (Å²) in [5, 5.41) is 0. The van der Waals surface area contributed by atoms with Crippen LogP contribution < -0.4 is 0 Å². The SMILES string of the molecule is Cc1cc(C)cc(C(=O)F)c1. The molecule has 1 aromatic carbocycles. The summed E-state index contributed by atoms with van der Waals surface area (Å²) < 4.78 is 12.2. The molecule has 0 amide bonds. The summed E-state index contributed by atoms with van der Waals surface area (Å²) in [6, 6.07) is 3.61. The van der Waals surface area contributed by atoms with Gasteiger partial charge in [0.25, 0.3) is 0 Å². The highest BCUT2D eigenvalue weighted by molar-refractivity contribution is 5.88. The first-order chi connectivity index (χ1) is 5.09. The van der Waals surface area contributed by atoms with Gasteiger partial charge in [-0.05, 0) is 26.0 Å². The molecule has 2 heteroatoms. The van der Waals surface area contributed by atoms with Gasteiger partial charge in [-0.3, -0.25) is 4.79 Å². The van der Waals surface area contributed by atoms with E-state index in [-0.39, 0.29) is 5.56 Å². The van der Waals surface area contributed by atoms with E-state index in [1.165, 1.54) is 12.1 Å². The van der Waals surface area contributed by atoms with Gasteiger partial charge in [-0.15, -0.1) is 0 Å². The largest absolute Gasteiger partial charge is 0.332 e. The molecule has 0 spiro atoms. The van der Waals surface area contributed by atoms with E-state index in [2.05, 4.69) is 0 Å². The maximum Gasteiger partial charge on any atom is 0.332 e. The van der Waals surface area contributed by atoms with Crippen molar-refractivity contribution in [1.82, 2.24) is 0 Å². The molecule has 0 aliphatic heterocycles. The van der Waals surface area contributed by atoms with Crippen LogP contribution in [0.3, 0.4) is 0 Å². The van der Waals surface area contributed by atoms with Gasteiger partial charge in [0, 0.05) is 0 Å². The van der Waals surface area contributed by atoms with Gasteiger partial charge in [0.1, 0.15) is 0 Å².